The number of alkyl halides is 3. The van der Waals surface area contributed by atoms with E-state index >= 15 is 0 Å². The largest absolute Gasteiger partial charge is 0.416 e. The SMILES string of the molecule is Cc1ccc(S(=O)(=O)N[C@@H](C)C(=O)N2CCN(c3cccc(C(F)(F)F)c3)CC2)cc1. The zero-order chi connectivity index (χ0) is 22.8. The Labute approximate surface area is 179 Å². The van der Waals surface area contributed by atoms with Crippen molar-refractivity contribution in [2.24, 2.45) is 0 Å². The van der Waals surface area contributed by atoms with E-state index < -0.39 is 27.8 Å². The van der Waals surface area contributed by atoms with Crippen molar-refractivity contribution < 1.29 is 26.4 Å². The molecule has 1 aliphatic rings. The first kappa shape index (κ1) is 23.1. The van der Waals surface area contributed by atoms with E-state index in [1.807, 2.05) is 6.92 Å². The van der Waals surface area contributed by atoms with Gasteiger partial charge in [0.2, 0.25) is 15.9 Å². The predicted molar refractivity (Wildman–Crippen MR) is 111 cm³/mol. The van der Waals surface area contributed by atoms with Crippen LogP contribution in [0.25, 0.3) is 0 Å². The summed E-state index contributed by atoms with van der Waals surface area (Å²) in [4.78, 5) is 16.1. The van der Waals surface area contributed by atoms with E-state index in [0.717, 1.165) is 17.7 Å². The molecule has 0 unspecified atom stereocenters. The molecule has 1 N–H and O–H groups in total. The molecule has 10 heteroatoms. The molecule has 1 aliphatic heterocycles. The van der Waals surface area contributed by atoms with Crippen LogP contribution in [-0.4, -0.2) is 51.4 Å². The topological polar surface area (TPSA) is 69.7 Å². The molecule has 31 heavy (non-hydrogen) atoms. The number of sulfonamides is 1. The van der Waals surface area contributed by atoms with Crippen LogP contribution in [0.4, 0.5) is 18.9 Å². The number of nitrogens with one attached hydrogen (secondary N) is 1. The Morgan fingerprint density at radius 1 is 1.03 bits per heavy atom. The number of benzene rings is 2. The number of hydrogen-bond acceptors (Lipinski definition) is 4. The average Bonchev–Trinajstić information content (AvgIpc) is 2.73. The third kappa shape index (κ3) is 5.56. The summed E-state index contributed by atoms with van der Waals surface area (Å²) >= 11 is 0. The van der Waals surface area contributed by atoms with Crippen LogP contribution in [0.15, 0.2) is 53.4 Å². The summed E-state index contributed by atoms with van der Waals surface area (Å²) in [5.74, 6) is -0.376. The van der Waals surface area contributed by atoms with E-state index in [9.17, 15) is 26.4 Å². The molecular weight excluding hydrogens is 431 g/mol. The second-order valence-corrected chi connectivity index (χ2v) is 9.23. The lowest BCUT2D eigenvalue weighted by Crippen LogP contribution is -2.54. The van der Waals surface area contributed by atoms with Crippen LogP contribution in [0.2, 0.25) is 0 Å². The Bertz CT molecular complexity index is 1030. The van der Waals surface area contributed by atoms with E-state index in [4.69, 9.17) is 0 Å². The summed E-state index contributed by atoms with van der Waals surface area (Å²) in [5, 5.41) is 0. The molecule has 0 radical (unpaired) electrons. The van der Waals surface area contributed by atoms with E-state index in [0.29, 0.717) is 18.8 Å². The van der Waals surface area contributed by atoms with Gasteiger partial charge in [0.1, 0.15) is 0 Å². The molecule has 1 heterocycles. The van der Waals surface area contributed by atoms with Crippen LogP contribution in [0.5, 0.6) is 0 Å². The van der Waals surface area contributed by atoms with Gasteiger partial charge in [-0.05, 0) is 44.2 Å². The molecule has 0 aromatic heterocycles. The molecule has 6 nitrogen and oxygen atoms in total. The minimum absolute atomic E-state index is 0.0760. The molecule has 1 saturated heterocycles. The Morgan fingerprint density at radius 3 is 2.23 bits per heavy atom. The van der Waals surface area contributed by atoms with Gasteiger partial charge in [0.25, 0.3) is 0 Å². The first-order chi connectivity index (χ1) is 14.5. The summed E-state index contributed by atoms with van der Waals surface area (Å²) in [6.45, 7) is 4.59. The Hall–Kier alpha value is -2.59. The maximum atomic E-state index is 12.9. The second-order valence-electron chi connectivity index (χ2n) is 7.52. The van der Waals surface area contributed by atoms with E-state index in [-0.39, 0.29) is 23.9 Å². The van der Waals surface area contributed by atoms with Crippen molar-refractivity contribution in [2.45, 2.75) is 31.0 Å². The summed E-state index contributed by atoms with van der Waals surface area (Å²) in [6, 6.07) is 10.4. The maximum absolute atomic E-state index is 12.9. The molecule has 168 valence electrons. The molecule has 0 aliphatic carbocycles. The second kappa shape index (κ2) is 8.88. The Kier molecular flexibility index (Phi) is 6.61. The zero-order valence-corrected chi connectivity index (χ0v) is 18.0. The standard InChI is InChI=1S/C21H24F3N3O3S/c1-15-6-8-19(9-7-15)31(29,30)25-16(2)20(28)27-12-10-26(11-13-27)18-5-3-4-17(14-18)21(22,23)24/h3-9,14,16,25H,10-13H2,1-2H3/t16-/m0/s1. The highest BCUT2D eigenvalue weighted by Gasteiger charge is 2.32. The van der Waals surface area contributed by atoms with E-state index in [1.54, 1.807) is 23.1 Å². The predicted octanol–water partition coefficient (Wildman–Crippen LogP) is 3.03. The summed E-state index contributed by atoms with van der Waals surface area (Å²) in [7, 11) is -3.85. The van der Waals surface area contributed by atoms with Crippen LogP contribution in [0, 0.1) is 6.92 Å². The molecular formula is C21H24F3N3O3S. The van der Waals surface area contributed by atoms with Crippen molar-refractivity contribution in [1.29, 1.82) is 0 Å². The van der Waals surface area contributed by atoms with E-state index in [2.05, 4.69) is 4.72 Å². The fraction of sp³-hybridized carbons (Fsp3) is 0.381. The van der Waals surface area contributed by atoms with Gasteiger partial charge >= 0.3 is 6.18 Å². The quantitative estimate of drug-likeness (QED) is 0.753. The molecule has 1 atom stereocenters. The van der Waals surface area contributed by atoms with Crippen LogP contribution in [0.3, 0.4) is 0 Å². The van der Waals surface area contributed by atoms with Crippen LogP contribution in [-0.2, 0) is 21.0 Å². The van der Waals surface area contributed by atoms with Crippen molar-refractivity contribution in [3.63, 3.8) is 0 Å². The Balaban J connectivity index is 1.60. The molecule has 2 aromatic carbocycles. The lowest BCUT2D eigenvalue weighted by atomic mass is 10.1. The van der Waals surface area contributed by atoms with Gasteiger partial charge < -0.3 is 9.80 Å². The maximum Gasteiger partial charge on any atom is 0.416 e. The highest BCUT2D eigenvalue weighted by atomic mass is 32.2. The molecule has 0 saturated carbocycles. The Morgan fingerprint density at radius 2 is 1.65 bits per heavy atom. The number of anilines is 1. The van der Waals surface area contributed by atoms with Gasteiger partial charge in [0.15, 0.2) is 0 Å². The average molecular weight is 456 g/mol. The van der Waals surface area contributed by atoms with Gasteiger partial charge in [-0.25, -0.2) is 8.42 Å². The number of hydrogen-bond donors (Lipinski definition) is 1. The van der Waals surface area contributed by atoms with Crippen molar-refractivity contribution >= 4 is 21.6 Å². The molecule has 2 aromatic rings. The number of carbonyl (C=O) groups excluding carboxylic acids is 1. The van der Waals surface area contributed by atoms with Crippen molar-refractivity contribution in [3.8, 4) is 0 Å². The summed E-state index contributed by atoms with van der Waals surface area (Å²) in [5.41, 5.74) is 0.638. The highest BCUT2D eigenvalue weighted by Crippen LogP contribution is 2.31. The lowest BCUT2D eigenvalue weighted by Gasteiger charge is -2.37. The van der Waals surface area contributed by atoms with Crippen LogP contribution < -0.4 is 9.62 Å². The fourth-order valence-corrected chi connectivity index (χ4v) is 4.60. The van der Waals surface area contributed by atoms with Crippen LogP contribution in [0.1, 0.15) is 18.1 Å². The molecule has 3 rings (SSSR count). The highest BCUT2D eigenvalue weighted by molar-refractivity contribution is 7.89. The van der Waals surface area contributed by atoms with Gasteiger partial charge in [-0.1, -0.05) is 23.8 Å². The van der Waals surface area contributed by atoms with Gasteiger partial charge in [-0.2, -0.15) is 17.9 Å². The normalized spacial score (nSPS) is 16.3. The number of carbonyl (C=O) groups is 1. The number of piperazine rings is 1. The third-order valence-electron chi connectivity index (χ3n) is 5.16. The summed E-state index contributed by atoms with van der Waals surface area (Å²) < 4.78 is 66.2. The van der Waals surface area contributed by atoms with Crippen molar-refractivity contribution in [1.82, 2.24) is 9.62 Å². The van der Waals surface area contributed by atoms with Crippen LogP contribution >= 0.6 is 0 Å². The first-order valence-electron chi connectivity index (χ1n) is 9.77. The molecule has 0 spiro atoms. The van der Waals surface area contributed by atoms with Gasteiger partial charge in [0, 0.05) is 31.9 Å². The smallest absolute Gasteiger partial charge is 0.368 e. The van der Waals surface area contributed by atoms with E-state index in [1.165, 1.54) is 30.0 Å². The minimum Gasteiger partial charge on any atom is -0.368 e. The molecule has 0 bridgehead atoms. The number of rotatable bonds is 5. The van der Waals surface area contributed by atoms with Gasteiger partial charge in [-0.3, -0.25) is 4.79 Å². The van der Waals surface area contributed by atoms with Crippen molar-refractivity contribution in [2.75, 3.05) is 31.1 Å². The number of amides is 1. The fourth-order valence-electron chi connectivity index (χ4n) is 3.41. The first-order valence-corrected chi connectivity index (χ1v) is 11.3. The minimum atomic E-state index is -4.42. The lowest BCUT2D eigenvalue weighted by molar-refractivity contribution is -0.137. The molecule has 1 amide bonds. The van der Waals surface area contributed by atoms with Crippen molar-refractivity contribution in [3.05, 3.63) is 59.7 Å². The zero-order valence-electron chi connectivity index (χ0n) is 17.2. The monoisotopic (exact) mass is 455 g/mol. The van der Waals surface area contributed by atoms with Gasteiger partial charge in [0.05, 0.1) is 16.5 Å². The number of nitrogens with zero attached hydrogens (tertiary/aromatic N) is 2. The molecule has 1 fully saturated rings. The summed E-state index contributed by atoms with van der Waals surface area (Å²) in [6.07, 6.45) is -4.42. The number of aryl methyl sites for hydroxylation is 1. The third-order valence-corrected chi connectivity index (χ3v) is 6.72. The number of halogens is 3. The van der Waals surface area contributed by atoms with Gasteiger partial charge in [-0.15, -0.1) is 0 Å².